The van der Waals surface area contributed by atoms with Gasteiger partial charge in [-0.25, -0.2) is 4.98 Å². The minimum absolute atomic E-state index is 0.0269. The normalized spacial score (nSPS) is 23.8. The number of rotatable bonds is 6. The molecular formula is C31H38N8O2. The molecule has 1 aromatic carbocycles. The third-order valence-electron chi connectivity index (χ3n) is 8.32. The van der Waals surface area contributed by atoms with Crippen molar-refractivity contribution in [2.75, 3.05) is 80.7 Å². The van der Waals surface area contributed by atoms with E-state index >= 15 is 0 Å². The van der Waals surface area contributed by atoms with Crippen LogP contribution >= 0.6 is 0 Å². The van der Waals surface area contributed by atoms with Gasteiger partial charge in [-0.3, -0.25) is 9.88 Å². The number of hydrogen-bond donors (Lipinski definition) is 0. The Morgan fingerprint density at radius 1 is 1.07 bits per heavy atom. The summed E-state index contributed by atoms with van der Waals surface area (Å²) in [5.41, 5.74) is 4.51. The van der Waals surface area contributed by atoms with Gasteiger partial charge in [0, 0.05) is 88.5 Å². The number of nitrogens with zero attached hydrogens (tertiary/aromatic N) is 8. The Labute approximate surface area is 241 Å². The van der Waals surface area contributed by atoms with E-state index in [-0.39, 0.29) is 18.3 Å². The van der Waals surface area contributed by atoms with Gasteiger partial charge in [-0.15, -0.1) is 0 Å². The van der Waals surface area contributed by atoms with Gasteiger partial charge >= 0.3 is 0 Å². The largest absolute Gasteiger partial charge is 0.375 e. The summed E-state index contributed by atoms with van der Waals surface area (Å²) in [4.78, 5) is 23.6. The van der Waals surface area contributed by atoms with E-state index in [2.05, 4.69) is 62.4 Å². The monoisotopic (exact) mass is 554 g/mol. The number of anilines is 3. The number of nitriles is 1. The molecule has 2 aromatic heterocycles. The molecule has 10 nitrogen and oxygen atoms in total. The average Bonchev–Trinajstić information content (AvgIpc) is 3.37. The first-order valence-electron chi connectivity index (χ1n) is 14.4. The molecule has 6 rings (SSSR count). The topological polar surface area (TPSA) is 93.9 Å². The summed E-state index contributed by atoms with van der Waals surface area (Å²) in [6.45, 7) is 16.0. The molecule has 3 atom stereocenters. The third-order valence-corrected chi connectivity index (χ3v) is 8.32. The molecule has 0 saturated carbocycles. The van der Waals surface area contributed by atoms with Gasteiger partial charge in [-0.05, 0) is 43.7 Å². The summed E-state index contributed by atoms with van der Waals surface area (Å²) in [7, 11) is 1.73. The zero-order valence-corrected chi connectivity index (χ0v) is 24.2. The van der Waals surface area contributed by atoms with Crippen molar-refractivity contribution < 1.29 is 9.47 Å². The molecule has 0 radical (unpaired) electrons. The van der Waals surface area contributed by atoms with Crippen molar-refractivity contribution in [3.63, 3.8) is 0 Å². The van der Waals surface area contributed by atoms with E-state index in [1.807, 2.05) is 19.1 Å². The second kappa shape index (κ2) is 11.6. The molecule has 3 aromatic rings. The van der Waals surface area contributed by atoms with E-state index in [4.69, 9.17) is 19.4 Å². The lowest BCUT2D eigenvalue weighted by atomic mass is 10.1. The fourth-order valence-electron chi connectivity index (χ4n) is 6.29. The Hall–Kier alpha value is -3.78. The Balaban J connectivity index is 1.10. The van der Waals surface area contributed by atoms with Crippen molar-refractivity contribution in [1.82, 2.24) is 19.9 Å². The number of pyridine rings is 1. The van der Waals surface area contributed by atoms with Gasteiger partial charge in [0.05, 0.1) is 35.9 Å². The number of aromatic nitrogens is 3. The lowest BCUT2D eigenvalue weighted by molar-refractivity contribution is -0.0327. The van der Waals surface area contributed by atoms with Crippen molar-refractivity contribution in [2.24, 2.45) is 0 Å². The Bertz CT molecular complexity index is 1460. The first-order chi connectivity index (χ1) is 19.9. The molecule has 10 heteroatoms. The van der Waals surface area contributed by atoms with E-state index in [1.54, 1.807) is 13.3 Å². The van der Waals surface area contributed by atoms with Crippen molar-refractivity contribution >= 4 is 28.4 Å². The van der Waals surface area contributed by atoms with Crippen LogP contribution < -0.4 is 14.7 Å². The van der Waals surface area contributed by atoms with Crippen LogP contribution in [0.4, 0.5) is 17.5 Å². The maximum atomic E-state index is 9.55. The molecule has 3 aliphatic rings. The number of hydrogen-bond acceptors (Lipinski definition) is 10. The van der Waals surface area contributed by atoms with Gasteiger partial charge in [0.1, 0.15) is 11.9 Å². The van der Waals surface area contributed by atoms with Crippen molar-refractivity contribution in [2.45, 2.75) is 32.2 Å². The van der Waals surface area contributed by atoms with Crippen molar-refractivity contribution in [3.05, 3.63) is 59.9 Å². The fraction of sp³-hybridized carbons (Fsp3) is 0.484. The van der Waals surface area contributed by atoms with Crippen LogP contribution in [-0.4, -0.2) is 104 Å². The van der Waals surface area contributed by atoms with Gasteiger partial charge in [0.15, 0.2) is 0 Å². The van der Waals surface area contributed by atoms with E-state index < -0.39 is 0 Å². The molecule has 3 fully saturated rings. The predicted molar refractivity (Wildman–Crippen MR) is 161 cm³/mol. The highest BCUT2D eigenvalue weighted by Gasteiger charge is 2.31. The molecule has 3 saturated heterocycles. The molecule has 0 unspecified atom stereocenters. The summed E-state index contributed by atoms with van der Waals surface area (Å²) < 4.78 is 12.0. The van der Waals surface area contributed by atoms with Gasteiger partial charge < -0.3 is 24.2 Å². The average molecular weight is 555 g/mol. The minimum Gasteiger partial charge on any atom is -0.375 e. The number of piperazine rings is 1. The Kier molecular flexibility index (Phi) is 7.75. The van der Waals surface area contributed by atoms with E-state index in [9.17, 15) is 5.26 Å². The molecule has 0 aliphatic carbocycles. The zero-order valence-electron chi connectivity index (χ0n) is 24.2. The van der Waals surface area contributed by atoms with Crippen LogP contribution in [0.2, 0.25) is 0 Å². The highest BCUT2D eigenvalue weighted by molar-refractivity contribution is 5.95. The minimum atomic E-state index is 0.0269. The summed E-state index contributed by atoms with van der Waals surface area (Å²) in [5, 5.41) is 10.6. The fourth-order valence-corrected chi connectivity index (χ4v) is 6.29. The zero-order chi connectivity index (χ0) is 28.5. The van der Waals surface area contributed by atoms with Crippen LogP contribution in [0.15, 0.2) is 48.7 Å². The molecule has 41 heavy (non-hydrogen) atoms. The van der Waals surface area contributed by atoms with E-state index in [0.29, 0.717) is 5.56 Å². The maximum Gasteiger partial charge on any atom is 0.227 e. The molecule has 0 N–H and O–H groups in total. The van der Waals surface area contributed by atoms with Crippen LogP contribution in [0.1, 0.15) is 18.2 Å². The van der Waals surface area contributed by atoms with Crippen LogP contribution in [0.5, 0.6) is 0 Å². The van der Waals surface area contributed by atoms with Gasteiger partial charge in [0.25, 0.3) is 0 Å². The van der Waals surface area contributed by atoms with Gasteiger partial charge in [-0.1, -0.05) is 6.58 Å². The smallest absolute Gasteiger partial charge is 0.227 e. The summed E-state index contributed by atoms with van der Waals surface area (Å²) in [5.74, 6) is 1.73. The number of benzene rings is 1. The number of morpholine rings is 1. The molecule has 5 heterocycles. The van der Waals surface area contributed by atoms with Crippen molar-refractivity contribution in [1.29, 1.82) is 5.26 Å². The lowest BCUT2D eigenvalue weighted by Gasteiger charge is -2.42. The number of methoxy groups -OCH3 is 1. The van der Waals surface area contributed by atoms with E-state index in [0.717, 1.165) is 98.5 Å². The van der Waals surface area contributed by atoms with Crippen molar-refractivity contribution in [3.8, 4) is 6.07 Å². The quantitative estimate of drug-likeness (QED) is 0.423. The maximum absolute atomic E-state index is 9.55. The predicted octanol–water partition coefficient (Wildman–Crippen LogP) is 3.01. The number of ether oxygens (including phenoxy) is 2. The second-order valence-electron chi connectivity index (χ2n) is 11.3. The second-order valence-corrected chi connectivity index (χ2v) is 11.3. The van der Waals surface area contributed by atoms with Crippen LogP contribution in [-0.2, 0) is 9.47 Å². The third kappa shape index (κ3) is 5.71. The van der Waals surface area contributed by atoms with E-state index in [1.165, 1.54) is 0 Å². The Morgan fingerprint density at radius 2 is 1.90 bits per heavy atom. The summed E-state index contributed by atoms with van der Waals surface area (Å²) in [6, 6.07) is 12.3. The SMILES string of the molecule is C=C1CN(c2nc(C)cc(N3CCN(C[C@H]4CN(c5ccc(C#N)c6ncccc56)C[C@@H](C)O4)CC3)n2)C[C@@H]1OC. The molecule has 0 amide bonds. The number of fused-ring (bicyclic) bond motifs is 1. The molecule has 0 bridgehead atoms. The molecule has 0 spiro atoms. The molecular weight excluding hydrogens is 516 g/mol. The standard InChI is InChI=1S/C31H38N8O2/c1-21-16-39(20-28(21)40-4)31-34-22(2)14-29(35-31)37-12-10-36(11-13-37)18-25-19-38(17-23(3)41-25)27-8-7-24(15-32)30-26(27)6-5-9-33-30/h5-9,14,23,25,28H,1,10-13,16-20H2,2-4H3/t23-,25+,28+/m1/s1. The van der Waals surface area contributed by atoms with Crippen LogP contribution in [0.25, 0.3) is 10.9 Å². The van der Waals surface area contributed by atoms with Crippen LogP contribution in [0.3, 0.4) is 0 Å². The summed E-state index contributed by atoms with van der Waals surface area (Å²) in [6.07, 6.45) is 1.98. The lowest BCUT2D eigenvalue weighted by Crippen LogP contribution is -2.54. The van der Waals surface area contributed by atoms with Crippen LogP contribution in [0, 0.1) is 18.3 Å². The molecule has 3 aliphatic heterocycles. The first kappa shape index (κ1) is 27.4. The molecule has 214 valence electrons. The summed E-state index contributed by atoms with van der Waals surface area (Å²) >= 11 is 0. The Morgan fingerprint density at radius 3 is 2.66 bits per heavy atom. The van der Waals surface area contributed by atoms with Gasteiger partial charge in [-0.2, -0.15) is 10.2 Å². The first-order valence-corrected chi connectivity index (χ1v) is 14.4. The highest BCUT2D eigenvalue weighted by atomic mass is 16.5. The highest BCUT2D eigenvalue weighted by Crippen LogP contribution is 2.31. The number of aryl methyl sites for hydroxylation is 1. The van der Waals surface area contributed by atoms with Gasteiger partial charge in [0.2, 0.25) is 5.95 Å².